The lowest BCUT2D eigenvalue weighted by Gasteiger charge is -2.32. The number of hydrogen-bond donors (Lipinski definition) is 1. The number of carbonyl (C=O) groups excluding carboxylic acids is 1. The molecule has 1 aromatic heterocycles. The lowest BCUT2D eigenvalue weighted by Crippen LogP contribution is -2.41. The van der Waals surface area contributed by atoms with E-state index in [0.717, 1.165) is 5.46 Å². The number of benzene rings is 2. The average Bonchev–Trinajstić information content (AvgIpc) is 3.30. The highest BCUT2D eigenvalue weighted by molar-refractivity contribution is 6.62. The third-order valence-corrected chi connectivity index (χ3v) is 7.19. The number of ether oxygens (including phenoxy) is 1. The van der Waals surface area contributed by atoms with Gasteiger partial charge < -0.3 is 19.4 Å². The highest BCUT2D eigenvalue weighted by Gasteiger charge is 2.51. The van der Waals surface area contributed by atoms with Crippen LogP contribution in [0.2, 0.25) is 0 Å². The Labute approximate surface area is 212 Å². The van der Waals surface area contributed by atoms with E-state index in [0.29, 0.717) is 5.69 Å². The Morgan fingerprint density at radius 3 is 2.17 bits per heavy atom. The summed E-state index contributed by atoms with van der Waals surface area (Å²) < 4.78 is 17.6. The van der Waals surface area contributed by atoms with Crippen LogP contribution >= 0.6 is 0 Å². The third kappa shape index (κ3) is 4.62. The number of pyridine rings is 1. The highest BCUT2D eigenvalue weighted by Crippen LogP contribution is 2.44. The van der Waals surface area contributed by atoms with E-state index in [4.69, 9.17) is 14.0 Å². The maximum atomic E-state index is 12.3. The molecule has 0 bridgehead atoms. The Morgan fingerprint density at radius 2 is 1.58 bits per heavy atom. The molecule has 1 fully saturated rings. The lowest BCUT2D eigenvalue weighted by atomic mass is 9.80. The number of alkyl carbamates (subject to hydrolysis) is 1. The van der Waals surface area contributed by atoms with Gasteiger partial charge in [0, 0.05) is 17.6 Å². The van der Waals surface area contributed by atoms with Gasteiger partial charge >= 0.3 is 13.2 Å². The molecule has 3 aromatic rings. The van der Waals surface area contributed by atoms with E-state index in [1.165, 1.54) is 22.3 Å². The largest absolute Gasteiger partial charge is 0.496 e. The van der Waals surface area contributed by atoms with Crippen molar-refractivity contribution < 1.29 is 18.8 Å². The molecule has 2 aliphatic rings. The van der Waals surface area contributed by atoms with Gasteiger partial charge in [-0.05, 0) is 61.9 Å². The lowest BCUT2D eigenvalue weighted by molar-refractivity contribution is 0.00578. The Balaban J connectivity index is 1.13. The van der Waals surface area contributed by atoms with Gasteiger partial charge in [-0.3, -0.25) is 0 Å². The van der Waals surface area contributed by atoms with Crippen molar-refractivity contribution in [2.75, 3.05) is 13.2 Å². The van der Waals surface area contributed by atoms with Crippen molar-refractivity contribution in [3.8, 4) is 23.0 Å². The van der Waals surface area contributed by atoms with Gasteiger partial charge in [0.1, 0.15) is 12.3 Å². The first-order valence-electron chi connectivity index (χ1n) is 12.1. The van der Waals surface area contributed by atoms with E-state index in [-0.39, 0.29) is 19.1 Å². The van der Waals surface area contributed by atoms with Crippen molar-refractivity contribution in [3.05, 3.63) is 83.7 Å². The molecule has 0 unspecified atom stereocenters. The summed E-state index contributed by atoms with van der Waals surface area (Å²) in [5.41, 5.74) is 5.40. The Hall–Kier alpha value is -3.60. The number of carbonyl (C=O) groups is 1. The molecule has 0 spiro atoms. The fourth-order valence-electron chi connectivity index (χ4n) is 4.50. The van der Waals surface area contributed by atoms with Crippen molar-refractivity contribution in [1.29, 1.82) is 0 Å². The van der Waals surface area contributed by atoms with Gasteiger partial charge in [-0.2, -0.15) is 0 Å². The van der Waals surface area contributed by atoms with Gasteiger partial charge in [-0.1, -0.05) is 60.5 Å². The summed E-state index contributed by atoms with van der Waals surface area (Å²) in [6.07, 6.45) is 1.22. The summed E-state index contributed by atoms with van der Waals surface area (Å²) in [5, 5.41) is 2.70. The summed E-state index contributed by atoms with van der Waals surface area (Å²) in [5.74, 6) is 5.91. The van der Waals surface area contributed by atoms with Gasteiger partial charge in [0.2, 0.25) is 0 Å². The summed E-state index contributed by atoms with van der Waals surface area (Å²) >= 11 is 0. The van der Waals surface area contributed by atoms with Gasteiger partial charge in [-0.25, -0.2) is 9.78 Å². The molecular formula is C29H29BN2O4. The minimum atomic E-state index is -0.491. The number of amides is 1. The van der Waals surface area contributed by atoms with E-state index >= 15 is 0 Å². The third-order valence-electron chi connectivity index (χ3n) is 7.19. The Morgan fingerprint density at radius 1 is 0.972 bits per heavy atom. The molecule has 7 heteroatoms. The van der Waals surface area contributed by atoms with Crippen LogP contribution < -0.4 is 10.8 Å². The predicted octanol–water partition coefficient (Wildman–Crippen LogP) is 4.27. The van der Waals surface area contributed by atoms with Crippen LogP contribution in [0.25, 0.3) is 11.1 Å². The topological polar surface area (TPSA) is 69.7 Å². The first-order chi connectivity index (χ1) is 17.2. The molecule has 0 radical (unpaired) electrons. The normalized spacial score (nSPS) is 17.1. The number of hydrogen-bond acceptors (Lipinski definition) is 5. The molecule has 36 heavy (non-hydrogen) atoms. The number of nitrogens with one attached hydrogen (secondary N) is 1. The number of nitrogens with zero attached hydrogens (tertiary/aromatic N) is 1. The van der Waals surface area contributed by atoms with E-state index in [9.17, 15) is 4.79 Å². The zero-order chi connectivity index (χ0) is 25.3. The van der Waals surface area contributed by atoms with Crippen LogP contribution in [-0.4, -0.2) is 42.5 Å². The summed E-state index contributed by atoms with van der Waals surface area (Å²) in [6, 6.07) is 20.2. The fourth-order valence-corrected chi connectivity index (χ4v) is 4.50. The monoisotopic (exact) mass is 480 g/mol. The number of rotatable bonds is 4. The second-order valence-electron chi connectivity index (χ2n) is 10.0. The number of fused-ring (bicyclic) bond motifs is 3. The summed E-state index contributed by atoms with van der Waals surface area (Å²) in [4.78, 5) is 16.7. The molecule has 1 N–H and O–H groups in total. The molecule has 2 aromatic carbocycles. The first-order valence-corrected chi connectivity index (χ1v) is 12.1. The van der Waals surface area contributed by atoms with Gasteiger partial charge in [-0.15, -0.1) is 0 Å². The van der Waals surface area contributed by atoms with Crippen LogP contribution in [0.15, 0.2) is 66.9 Å². The Bertz CT molecular complexity index is 1280. The molecule has 1 aliphatic heterocycles. The van der Waals surface area contributed by atoms with E-state index < -0.39 is 24.4 Å². The molecule has 182 valence electrons. The van der Waals surface area contributed by atoms with Crippen LogP contribution in [0.3, 0.4) is 0 Å². The van der Waals surface area contributed by atoms with Crippen molar-refractivity contribution in [1.82, 2.24) is 10.3 Å². The fraction of sp³-hybridized carbons (Fsp3) is 0.310. The standard InChI is InChI=1S/C29H29BN2O4/c1-28(2)29(3,4)36-30(35-28)20-15-16-21(32-18-20)10-9-17-31-27(33)34-19-26-24-13-7-5-11-22(24)23-12-6-8-14-25(23)26/h5-8,11-16,18,26H,17,19H2,1-4H3,(H,31,33). The average molecular weight is 480 g/mol. The second-order valence-corrected chi connectivity index (χ2v) is 10.0. The van der Waals surface area contributed by atoms with Gasteiger partial charge in [0.15, 0.2) is 0 Å². The van der Waals surface area contributed by atoms with Crippen molar-refractivity contribution in [2.24, 2.45) is 0 Å². The molecule has 0 atom stereocenters. The molecule has 6 nitrogen and oxygen atoms in total. The van der Waals surface area contributed by atoms with Crippen molar-refractivity contribution in [2.45, 2.75) is 44.8 Å². The SMILES string of the molecule is CC1(C)OB(c2ccc(C#CCNC(=O)OCC3c4ccccc4-c4ccccc43)nc2)OC1(C)C. The zero-order valence-electron chi connectivity index (χ0n) is 21.0. The maximum absolute atomic E-state index is 12.3. The van der Waals surface area contributed by atoms with Crippen molar-refractivity contribution in [3.63, 3.8) is 0 Å². The minimum Gasteiger partial charge on any atom is -0.449 e. The molecule has 5 rings (SSSR count). The van der Waals surface area contributed by atoms with Crippen molar-refractivity contribution >= 4 is 18.7 Å². The first kappa shape index (κ1) is 24.1. The minimum absolute atomic E-state index is 0.0286. The zero-order valence-corrected chi connectivity index (χ0v) is 21.0. The molecule has 1 aliphatic carbocycles. The van der Waals surface area contributed by atoms with Crippen LogP contribution in [0.1, 0.15) is 50.4 Å². The molecule has 2 heterocycles. The summed E-state index contributed by atoms with van der Waals surface area (Å²) in [6.45, 7) is 8.51. The summed E-state index contributed by atoms with van der Waals surface area (Å²) in [7, 11) is -0.459. The van der Waals surface area contributed by atoms with Gasteiger partial charge in [0.25, 0.3) is 0 Å². The molecule has 1 amide bonds. The smallest absolute Gasteiger partial charge is 0.449 e. The van der Waals surface area contributed by atoms with Gasteiger partial charge in [0.05, 0.1) is 17.7 Å². The van der Waals surface area contributed by atoms with Crippen LogP contribution in [0.4, 0.5) is 4.79 Å². The second kappa shape index (κ2) is 9.46. The molecule has 1 saturated heterocycles. The van der Waals surface area contributed by atoms with Crippen LogP contribution in [-0.2, 0) is 14.0 Å². The van der Waals surface area contributed by atoms with E-state index in [1.54, 1.807) is 6.20 Å². The quantitative estimate of drug-likeness (QED) is 0.446. The predicted molar refractivity (Wildman–Crippen MR) is 140 cm³/mol. The molecular weight excluding hydrogens is 451 g/mol. The van der Waals surface area contributed by atoms with E-state index in [1.807, 2.05) is 64.1 Å². The molecule has 0 saturated carbocycles. The Kier molecular flexibility index (Phi) is 6.34. The van der Waals surface area contributed by atoms with E-state index in [2.05, 4.69) is 46.4 Å². The van der Waals surface area contributed by atoms with Crippen LogP contribution in [0, 0.1) is 11.8 Å². The maximum Gasteiger partial charge on any atom is 0.496 e. The number of aromatic nitrogens is 1. The highest BCUT2D eigenvalue weighted by atomic mass is 16.7. The van der Waals surface area contributed by atoms with Crippen LogP contribution in [0.5, 0.6) is 0 Å².